The number of fused-ring (bicyclic) bond motifs is 1. The van der Waals surface area contributed by atoms with Crippen molar-refractivity contribution < 1.29 is 24.2 Å². The van der Waals surface area contributed by atoms with Gasteiger partial charge in [-0.25, -0.2) is 0 Å². The molecule has 162 valence electrons. The maximum Gasteiger partial charge on any atom is 0.277 e. The number of carbonyl (C=O) groups is 2. The van der Waals surface area contributed by atoms with Crippen molar-refractivity contribution in [2.24, 2.45) is 0 Å². The molecule has 3 rings (SSSR count). The average Bonchev–Trinajstić information content (AvgIpc) is 2.72. The molecule has 0 fully saturated rings. The zero-order valence-electron chi connectivity index (χ0n) is 16.7. The highest BCUT2D eigenvalue weighted by Gasteiger charge is 2.26. The molecule has 0 atom stereocenters. The Morgan fingerprint density at radius 2 is 1.77 bits per heavy atom. The van der Waals surface area contributed by atoms with Crippen LogP contribution in [0.15, 0.2) is 36.4 Å². The van der Waals surface area contributed by atoms with Crippen LogP contribution in [0.4, 0.5) is 22.7 Å². The maximum absolute atomic E-state index is 12.6. The summed E-state index contributed by atoms with van der Waals surface area (Å²) in [6.07, 6.45) is 0. The Labute approximate surface area is 176 Å². The van der Waals surface area contributed by atoms with Crippen LogP contribution in [0.5, 0.6) is 5.75 Å². The Bertz CT molecular complexity index is 1040. The van der Waals surface area contributed by atoms with Gasteiger partial charge < -0.3 is 19.9 Å². The van der Waals surface area contributed by atoms with Crippen molar-refractivity contribution in [1.82, 2.24) is 4.90 Å². The highest BCUT2D eigenvalue weighted by Crippen LogP contribution is 2.34. The normalized spacial score (nSPS) is 12.9. The second kappa shape index (κ2) is 8.75. The summed E-state index contributed by atoms with van der Waals surface area (Å²) in [6, 6.07) is 7.37. The summed E-state index contributed by atoms with van der Waals surface area (Å²) < 4.78 is 5.43. The number of nitro benzene ring substituents is 2. The molecule has 0 spiro atoms. The Balaban J connectivity index is 1.88. The number of ether oxygens (including phenoxy) is 1. The number of nitrogens with zero attached hydrogens (tertiary/aromatic N) is 4. The van der Waals surface area contributed by atoms with Crippen LogP contribution in [0.2, 0.25) is 0 Å². The number of rotatable bonds is 7. The van der Waals surface area contributed by atoms with E-state index in [2.05, 4.69) is 5.32 Å². The van der Waals surface area contributed by atoms with Gasteiger partial charge in [0.1, 0.15) is 5.75 Å². The van der Waals surface area contributed by atoms with Crippen molar-refractivity contribution in [1.29, 1.82) is 0 Å². The number of anilines is 2. The van der Waals surface area contributed by atoms with E-state index in [1.807, 2.05) is 19.0 Å². The molecular weight excluding hydrogens is 410 g/mol. The monoisotopic (exact) mass is 429 g/mol. The third-order valence-electron chi connectivity index (χ3n) is 4.52. The van der Waals surface area contributed by atoms with Gasteiger partial charge in [0.15, 0.2) is 6.61 Å². The van der Waals surface area contributed by atoms with E-state index in [1.54, 1.807) is 23.1 Å². The van der Waals surface area contributed by atoms with E-state index in [9.17, 15) is 29.8 Å². The van der Waals surface area contributed by atoms with Crippen molar-refractivity contribution in [2.75, 3.05) is 44.0 Å². The van der Waals surface area contributed by atoms with Gasteiger partial charge in [0.05, 0.1) is 27.2 Å². The average molecular weight is 429 g/mol. The molecule has 0 saturated heterocycles. The summed E-state index contributed by atoms with van der Waals surface area (Å²) in [5, 5.41) is 24.6. The van der Waals surface area contributed by atoms with E-state index < -0.39 is 27.1 Å². The zero-order chi connectivity index (χ0) is 22.7. The summed E-state index contributed by atoms with van der Waals surface area (Å²) in [6.45, 7) is 0.930. The summed E-state index contributed by atoms with van der Waals surface area (Å²) in [5.74, 6) is -0.524. The van der Waals surface area contributed by atoms with Gasteiger partial charge >= 0.3 is 0 Å². The predicted octanol–water partition coefficient (Wildman–Crippen LogP) is 2.04. The molecule has 1 N–H and O–H groups in total. The third kappa shape index (κ3) is 4.93. The minimum atomic E-state index is -0.811. The van der Waals surface area contributed by atoms with E-state index in [4.69, 9.17) is 4.74 Å². The van der Waals surface area contributed by atoms with Gasteiger partial charge in [-0.05, 0) is 32.3 Å². The van der Waals surface area contributed by atoms with E-state index in [0.717, 1.165) is 18.2 Å². The molecule has 0 bridgehead atoms. The van der Waals surface area contributed by atoms with Gasteiger partial charge in [-0.15, -0.1) is 0 Å². The molecule has 2 aromatic rings. The van der Waals surface area contributed by atoms with Crippen molar-refractivity contribution in [3.63, 3.8) is 0 Å². The minimum Gasteiger partial charge on any atom is -0.482 e. The molecule has 0 radical (unpaired) electrons. The summed E-state index contributed by atoms with van der Waals surface area (Å²) in [5.41, 5.74) is -0.611. The highest BCUT2D eigenvalue weighted by atomic mass is 16.6. The molecular formula is C19H19N5O7. The van der Waals surface area contributed by atoms with Crippen molar-refractivity contribution in [2.45, 2.75) is 0 Å². The fourth-order valence-electron chi connectivity index (χ4n) is 2.97. The smallest absolute Gasteiger partial charge is 0.277 e. The van der Waals surface area contributed by atoms with Crippen molar-refractivity contribution >= 4 is 34.6 Å². The van der Waals surface area contributed by atoms with E-state index in [1.165, 1.54) is 0 Å². The van der Waals surface area contributed by atoms with Gasteiger partial charge in [0.25, 0.3) is 23.2 Å². The Kier molecular flexibility index (Phi) is 6.11. The van der Waals surface area contributed by atoms with Gasteiger partial charge in [-0.1, -0.05) is 0 Å². The quantitative estimate of drug-likeness (QED) is 0.519. The molecule has 0 aliphatic carbocycles. The van der Waals surface area contributed by atoms with E-state index >= 15 is 0 Å². The van der Waals surface area contributed by atoms with Crippen LogP contribution >= 0.6 is 0 Å². The number of nitrogens with one attached hydrogen (secondary N) is 1. The molecule has 1 heterocycles. The first-order valence-corrected chi connectivity index (χ1v) is 9.13. The van der Waals surface area contributed by atoms with Crippen LogP contribution in [0.3, 0.4) is 0 Å². The topological polar surface area (TPSA) is 148 Å². The molecule has 1 aliphatic heterocycles. The Morgan fingerprint density at radius 1 is 1.13 bits per heavy atom. The standard InChI is InChI=1S/C19H19N5O7/c1-21(2)5-6-22-16-9-13(3-4-17(16)31-11-18(22)25)20-19(26)12-7-14(23(27)28)10-15(8-12)24(29)30/h3-4,7-10H,5-6,11H2,1-2H3,(H,20,26). The van der Waals surface area contributed by atoms with Crippen LogP contribution in [0.1, 0.15) is 10.4 Å². The zero-order valence-corrected chi connectivity index (χ0v) is 16.7. The van der Waals surface area contributed by atoms with Crippen LogP contribution in [-0.4, -0.2) is 60.4 Å². The lowest BCUT2D eigenvalue weighted by Crippen LogP contribution is -2.42. The Hall–Kier alpha value is -4.06. The second-order valence-corrected chi connectivity index (χ2v) is 7.03. The second-order valence-electron chi connectivity index (χ2n) is 7.03. The number of hydrogen-bond acceptors (Lipinski definition) is 8. The molecule has 31 heavy (non-hydrogen) atoms. The summed E-state index contributed by atoms with van der Waals surface area (Å²) in [7, 11) is 3.75. The van der Waals surface area contributed by atoms with Gasteiger partial charge in [0, 0.05) is 30.9 Å². The number of nitro groups is 2. The maximum atomic E-state index is 12.6. The van der Waals surface area contributed by atoms with E-state index in [-0.39, 0.29) is 18.1 Å². The first kappa shape index (κ1) is 21.6. The van der Waals surface area contributed by atoms with Crippen LogP contribution < -0.4 is 15.0 Å². The van der Waals surface area contributed by atoms with Crippen LogP contribution in [-0.2, 0) is 4.79 Å². The number of carbonyl (C=O) groups excluding carboxylic acids is 2. The molecule has 2 amide bonds. The van der Waals surface area contributed by atoms with Crippen molar-refractivity contribution in [3.05, 3.63) is 62.2 Å². The molecule has 1 aliphatic rings. The largest absolute Gasteiger partial charge is 0.482 e. The number of amides is 2. The lowest BCUT2D eigenvalue weighted by atomic mass is 10.1. The van der Waals surface area contributed by atoms with Gasteiger partial charge in [-0.3, -0.25) is 29.8 Å². The summed E-state index contributed by atoms with van der Waals surface area (Å²) in [4.78, 5) is 48.8. The molecule has 2 aromatic carbocycles. The summed E-state index contributed by atoms with van der Waals surface area (Å²) >= 11 is 0. The molecule has 12 nitrogen and oxygen atoms in total. The SMILES string of the molecule is CN(C)CCN1C(=O)COc2ccc(NC(=O)c3cc([N+](=O)[O-])cc([N+](=O)[O-])c3)cc21. The van der Waals surface area contributed by atoms with E-state index in [0.29, 0.717) is 30.2 Å². The first-order valence-electron chi connectivity index (χ1n) is 9.13. The minimum absolute atomic E-state index is 0.0938. The third-order valence-corrected chi connectivity index (χ3v) is 4.52. The first-order chi connectivity index (χ1) is 14.7. The molecule has 12 heteroatoms. The number of non-ortho nitro benzene ring substituents is 2. The molecule has 0 unspecified atom stereocenters. The number of benzene rings is 2. The van der Waals surface area contributed by atoms with Crippen molar-refractivity contribution in [3.8, 4) is 5.75 Å². The fourth-order valence-corrected chi connectivity index (χ4v) is 2.97. The number of hydrogen-bond donors (Lipinski definition) is 1. The molecule has 0 aromatic heterocycles. The lowest BCUT2D eigenvalue weighted by Gasteiger charge is -2.30. The lowest BCUT2D eigenvalue weighted by molar-refractivity contribution is -0.394. The van der Waals surface area contributed by atoms with Crippen LogP contribution in [0, 0.1) is 20.2 Å². The van der Waals surface area contributed by atoms with Gasteiger partial charge in [0.2, 0.25) is 0 Å². The van der Waals surface area contributed by atoms with Gasteiger partial charge in [-0.2, -0.15) is 0 Å². The highest BCUT2D eigenvalue weighted by molar-refractivity contribution is 6.06. The Morgan fingerprint density at radius 3 is 2.35 bits per heavy atom. The predicted molar refractivity (Wildman–Crippen MR) is 111 cm³/mol. The van der Waals surface area contributed by atoms with Crippen LogP contribution in [0.25, 0.3) is 0 Å². The fraction of sp³-hybridized carbons (Fsp3) is 0.263. The molecule has 0 saturated carbocycles. The number of likely N-dealkylation sites (N-methyl/N-ethyl adjacent to an activating group) is 1.